The average molecular weight is 550 g/mol. The summed E-state index contributed by atoms with van der Waals surface area (Å²) in [7, 11) is 2.13. The van der Waals surface area contributed by atoms with E-state index in [0.717, 1.165) is 37.8 Å². The van der Waals surface area contributed by atoms with Gasteiger partial charge in [-0.1, -0.05) is 0 Å². The first-order chi connectivity index (χ1) is 18.6. The first-order valence-corrected chi connectivity index (χ1v) is 13.3. The van der Waals surface area contributed by atoms with Crippen molar-refractivity contribution in [1.82, 2.24) is 19.8 Å². The molecule has 3 N–H and O–H groups in total. The molecule has 3 saturated heterocycles. The molecule has 0 saturated carbocycles. The molecule has 1 amide bonds. The second kappa shape index (κ2) is 11.0. The number of amides is 1. The Morgan fingerprint density at radius 1 is 1.26 bits per heavy atom. The molecule has 1 aromatic heterocycles. The van der Waals surface area contributed by atoms with Crippen molar-refractivity contribution in [1.29, 1.82) is 0 Å². The molecule has 0 radical (unpaired) electrons. The fraction of sp³-hybridized carbons (Fsp3) is 0.577. The number of nitrogens with one attached hydrogen (secondary N) is 2. The van der Waals surface area contributed by atoms with Crippen LogP contribution in [0.5, 0.6) is 0 Å². The number of ether oxygens (including phenoxy) is 1. The molecule has 39 heavy (non-hydrogen) atoms. The molecule has 13 heteroatoms. The van der Waals surface area contributed by atoms with Gasteiger partial charge in [-0.3, -0.25) is 4.90 Å². The number of aliphatic hydroxyl groups is 1. The van der Waals surface area contributed by atoms with Crippen molar-refractivity contribution in [3.63, 3.8) is 0 Å². The van der Waals surface area contributed by atoms with Gasteiger partial charge in [-0.2, -0.15) is 18.2 Å². The van der Waals surface area contributed by atoms with Crippen molar-refractivity contribution in [2.45, 2.75) is 50.6 Å². The normalized spacial score (nSPS) is 22.3. The van der Waals surface area contributed by atoms with Crippen LogP contribution in [0, 0.1) is 0 Å². The number of alkyl halides is 3. The first-order valence-electron chi connectivity index (χ1n) is 13.3. The number of piperazine rings is 1. The number of cyclic esters (lactones) is 1. The Labute approximate surface area is 225 Å². The summed E-state index contributed by atoms with van der Waals surface area (Å²) >= 11 is 0. The van der Waals surface area contributed by atoms with E-state index in [1.165, 1.54) is 4.90 Å². The Balaban J connectivity index is 1.30. The van der Waals surface area contributed by atoms with Gasteiger partial charge in [-0.15, -0.1) is 0 Å². The number of rotatable bonds is 9. The lowest BCUT2D eigenvalue weighted by Crippen LogP contribution is -2.44. The number of aliphatic hydroxyl groups excluding tert-OH is 1. The minimum Gasteiger partial charge on any atom is -0.449 e. The minimum absolute atomic E-state index is 0.0263. The van der Waals surface area contributed by atoms with Crippen molar-refractivity contribution in [3.8, 4) is 0 Å². The zero-order chi connectivity index (χ0) is 27.7. The summed E-state index contributed by atoms with van der Waals surface area (Å²) in [5.74, 6) is -0.379. The molecule has 3 aliphatic rings. The summed E-state index contributed by atoms with van der Waals surface area (Å²) in [5, 5.41) is 16.2. The largest absolute Gasteiger partial charge is 0.449 e. The van der Waals surface area contributed by atoms with Gasteiger partial charge in [-0.25, -0.2) is 9.78 Å². The highest BCUT2D eigenvalue weighted by Crippen LogP contribution is 2.38. The highest BCUT2D eigenvalue weighted by atomic mass is 19.4. The number of hydrogen-bond acceptors (Lipinski definition) is 9. The van der Waals surface area contributed by atoms with E-state index in [-0.39, 0.29) is 18.3 Å². The van der Waals surface area contributed by atoms with Crippen LogP contribution in [-0.2, 0) is 10.9 Å². The number of likely N-dealkylation sites (N-methyl/N-ethyl adjacent to an activating group) is 1. The highest BCUT2D eigenvalue weighted by Gasteiger charge is 2.41. The van der Waals surface area contributed by atoms with Crippen molar-refractivity contribution < 1.29 is 27.8 Å². The SMILES string of the molecule is CC(O)c1cc(N2C[C@@H]3C[C@H]2CN3C)ccc1Nc1ncc(C(F)(F)F)c(NCCCN2CCCOC2=O)n1. The molecule has 1 aromatic carbocycles. The van der Waals surface area contributed by atoms with E-state index in [1.807, 2.05) is 12.1 Å². The van der Waals surface area contributed by atoms with Crippen LogP contribution in [0.15, 0.2) is 24.4 Å². The van der Waals surface area contributed by atoms with Crippen molar-refractivity contribution >= 4 is 29.2 Å². The lowest BCUT2D eigenvalue weighted by Gasteiger charge is -2.34. The first kappa shape index (κ1) is 27.3. The average Bonchev–Trinajstić information content (AvgIpc) is 3.47. The maximum Gasteiger partial charge on any atom is 0.421 e. The van der Waals surface area contributed by atoms with E-state index in [4.69, 9.17) is 4.74 Å². The molecular formula is C26H34F3N7O3. The summed E-state index contributed by atoms with van der Waals surface area (Å²) in [6.07, 6.45) is -2.87. The second-order valence-electron chi connectivity index (χ2n) is 10.4. The number of likely N-dealkylation sites (tertiary alicyclic amines) is 1. The summed E-state index contributed by atoms with van der Waals surface area (Å²) in [5.41, 5.74) is 1.15. The number of fused-ring (bicyclic) bond motifs is 2. The van der Waals surface area contributed by atoms with Crippen LogP contribution in [0.4, 0.5) is 41.1 Å². The lowest BCUT2D eigenvalue weighted by atomic mass is 10.1. The number of halogens is 3. The van der Waals surface area contributed by atoms with Gasteiger partial charge in [0.2, 0.25) is 5.95 Å². The summed E-state index contributed by atoms with van der Waals surface area (Å²) in [4.78, 5) is 26.0. The molecular weight excluding hydrogens is 515 g/mol. The highest BCUT2D eigenvalue weighted by molar-refractivity contribution is 5.68. The van der Waals surface area contributed by atoms with Gasteiger partial charge in [0.1, 0.15) is 11.4 Å². The molecule has 212 valence electrons. The van der Waals surface area contributed by atoms with Gasteiger partial charge in [-0.05, 0) is 51.4 Å². The third kappa shape index (κ3) is 5.98. The molecule has 3 atom stereocenters. The van der Waals surface area contributed by atoms with Crippen molar-refractivity contribution in [2.24, 2.45) is 0 Å². The number of anilines is 4. The van der Waals surface area contributed by atoms with Crippen LogP contribution in [0.25, 0.3) is 0 Å². The topological polar surface area (TPSA) is 106 Å². The van der Waals surface area contributed by atoms with E-state index in [0.29, 0.717) is 49.5 Å². The molecule has 0 spiro atoms. The number of carbonyl (C=O) groups is 1. The fourth-order valence-corrected chi connectivity index (χ4v) is 5.55. The smallest absolute Gasteiger partial charge is 0.421 e. The minimum atomic E-state index is -4.65. The molecule has 2 aromatic rings. The summed E-state index contributed by atoms with van der Waals surface area (Å²) in [6, 6.07) is 6.61. The Morgan fingerprint density at radius 3 is 2.74 bits per heavy atom. The number of nitrogens with zero attached hydrogens (tertiary/aromatic N) is 5. The van der Waals surface area contributed by atoms with Crippen LogP contribution < -0.4 is 15.5 Å². The monoisotopic (exact) mass is 549 g/mol. The van der Waals surface area contributed by atoms with E-state index < -0.39 is 23.9 Å². The number of carbonyl (C=O) groups excluding carboxylic acids is 1. The van der Waals surface area contributed by atoms with Gasteiger partial charge >= 0.3 is 12.3 Å². The third-order valence-electron chi connectivity index (χ3n) is 7.63. The zero-order valence-corrected chi connectivity index (χ0v) is 22.0. The summed E-state index contributed by atoms with van der Waals surface area (Å²) < 4.78 is 46.0. The number of aromatic nitrogens is 2. The van der Waals surface area contributed by atoms with Gasteiger partial charge in [0.05, 0.1) is 12.7 Å². The van der Waals surface area contributed by atoms with Crippen LogP contribution in [-0.4, -0.2) is 89.4 Å². The fourth-order valence-electron chi connectivity index (χ4n) is 5.55. The van der Waals surface area contributed by atoms with Crippen LogP contribution in [0.2, 0.25) is 0 Å². The predicted octanol–water partition coefficient (Wildman–Crippen LogP) is 3.83. The predicted molar refractivity (Wildman–Crippen MR) is 140 cm³/mol. The van der Waals surface area contributed by atoms with E-state index in [2.05, 4.69) is 37.4 Å². The molecule has 1 unspecified atom stereocenters. The molecule has 3 fully saturated rings. The van der Waals surface area contributed by atoms with E-state index in [1.54, 1.807) is 13.0 Å². The van der Waals surface area contributed by atoms with Crippen LogP contribution in [0.3, 0.4) is 0 Å². The van der Waals surface area contributed by atoms with Crippen LogP contribution in [0.1, 0.15) is 43.4 Å². The second-order valence-corrected chi connectivity index (χ2v) is 10.4. The third-order valence-corrected chi connectivity index (χ3v) is 7.63. The Hall–Kier alpha value is -3.32. The molecule has 0 aliphatic carbocycles. The van der Waals surface area contributed by atoms with Gasteiger partial charge in [0.15, 0.2) is 0 Å². The quantitative estimate of drug-likeness (QED) is 0.403. The molecule has 10 nitrogen and oxygen atoms in total. The maximum absolute atomic E-state index is 13.7. The Bertz CT molecular complexity index is 1190. The Kier molecular flexibility index (Phi) is 7.72. The lowest BCUT2D eigenvalue weighted by molar-refractivity contribution is -0.137. The van der Waals surface area contributed by atoms with Gasteiger partial charge in [0.25, 0.3) is 0 Å². The van der Waals surface area contributed by atoms with E-state index in [9.17, 15) is 23.1 Å². The molecule has 3 aliphatic heterocycles. The summed E-state index contributed by atoms with van der Waals surface area (Å²) in [6.45, 7) is 5.04. The number of benzene rings is 1. The molecule has 4 heterocycles. The number of hydrogen-bond donors (Lipinski definition) is 3. The van der Waals surface area contributed by atoms with Gasteiger partial charge < -0.3 is 30.3 Å². The van der Waals surface area contributed by atoms with Crippen molar-refractivity contribution in [2.75, 3.05) is 61.9 Å². The zero-order valence-electron chi connectivity index (χ0n) is 22.0. The van der Waals surface area contributed by atoms with Crippen LogP contribution >= 0.6 is 0 Å². The maximum atomic E-state index is 13.7. The van der Waals surface area contributed by atoms with Crippen molar-refractivity contribution in [3.05, 3.63) is 35.5 Å². The van der Waals surface area contributed by atoms with Gasteiger partial charge in [0, 0.05) is 67.9 Å². The molecule has 5 rings (SSSR count). The standard InChI is InChI=1S/C26H34F3N7O3/c1-16(37)20-12-17(36-15-18-11-19(36)14-34(18)2)5-6-22(20)32-24-31-13-21(26(27,28)29)23(33-24)30-7-3-8-35-9-4-10-39-25(35)38/h5-6,12-13,16,18-19,37H,3-4,7-11,14-15H2,1-2H3,(H2,30,31,32,33)/t16?,18-,19-/m0/s1. The van der Waals surface area contributed by atoms with E-state index >= 15 is 0 Å². The Morgan fingerprint density at radius 2 is 2.08 bits per heavy atom. The molecule has 2 bridgehead atoms.